The molecule has 148 valence electrons. The third kappa shape index (κ3) is 2.86. The Bertz CT molecular complexity index is 1210. The fraction of sp³-hybridized carbons (Fsp3) is 0.333. The first-order valence-electron chi connectivity index (χ1n) is 9.79. The molecular formula is C21H22FN7. The minimum atomic E-state index is -0.341. The first-order valence-corrected chi connectivity index (χ1v) is 9.79. The van der Waals surface area contributed by atoms with Crippen LogP contribution in [0.5, 0.6) is 0 Å². The van der Waals surface area contributed by atoms with E-state index in [2.05, 4.69) is 40.6 Å². The molecule has 29 heavy (non-hydrogen) atoms. The van der Waals surface area contributed by atoms with E-state index < -0.39 is 0 Å². The van der Waals surface area contributed by atoms with Crippen LogP contribution in [0.4, 0.5) is 10.2 Å². The maximum Gasteiger partial charge on any atom is 0.188 e. The lowest BCUT2D eigenvalue weighted by molar-refractivity contribution is 0.628. The van der Waals surface area contributed by atoms with Crippen molar-refractivity contribution in [1.29, 1.82) is 0 Å². The van der Waals surface area contributed by atoms with E-state index >= 15 is 0 Å². The number of imidazole rings is 1. The van der Waals surface area contributed by atoms with E-state index in [1.807, 2.05) is 12.1 Å². The highest BCUT2D eigenvalue weighted by molar-refractivity contribution is 5.60. The molecule has 0 saturated carbocycles. The maximum atomic E-state index is 14.3. The molecule has 0 fully saturated rings. The Labute approximate surface area is 167 Å². The average Bonchev–Trinajstić information content (AvgIpc) is 3.29. The van der Waals surface area contributed by atoms with E-state index in [4.69, 9.17) is 10.1 Å². The minimum Gasteiger partial charge on any atom is -0.349 e. The van der Waals surface area contributed by atoms with Crippen molar-refractivity contribution < 1.29 is 4.39 Å². The van der Waals surface area contributed by atoms with Crippen molar-refractivity contribution in [2.24, 2.45) is 7.05 Å². The Hall–Kier alpha value is -3.29. The summed E-state index contributed by atoms with van der Waals surface area (Å²) in [6.07, 6.45) is 0.910. The van der Waals surface area contributed by atoms with Gasteiger partial charge in [0, 0.05) is 31.6 Å². The van der Waals surface area contributed by atoms with Gasteiger partial charge < -0.3 is 9.47 Å². The molecule has 0 spiro atoms. The minimum absolute atomic E-state index is 0.341. The number of benzene rings is 1. The molecule has 8 heteroatoms. The zero-order valence-electron chi connectivity index (χ0n) is 16.7. The second-order valence-electron chi connectivity index (χ2n) is 7.71. The van der Waals surface area contributed by atoms with Crippen molar-refractivity contribution in [3.8, 4) is 11.4 Å². The quantitative estimate of drug-likeness (QED) is 0.536. The lowest BCUT2D eigenvalue weighted by Crippen LogP contribution is -2.32. The first-order chi connectivity index (χ1) is 14.0. The van der Waals surface area contributed by atoms with E-state index in [9.17, 15) is 4.39 Å². The summed E-state index contributed by atoms with van der Waals surface area (Å²) >= 11 is 0. The summed E-state index contributed by atoms with van der Waals surface area (Å²) in [6, 6.07) is 10.3. The highest BCUT2D eigenvalue weighted by Crippen LogP contribution is 2.27. The Morgan fingerprint density at radius 3 is 2.69 bits per heavy atom. The van der Waals surface area contributed by atoms with Gasteiger partial charge in [-0.05, 0) is 24.3 Å². The summed E-state index contributed by atoms with van der Waals surface area (Å²) in [5.41, 5.74) is 3.37. The first kappa shape index (κ1) is 17.8. The van der Waals surface area contributed by atoms with E-state index in [0.717, 1.165) is 30.3 Å². The molecule has 0 N–H and O–H groups in total. The van der Waals surface area contributed by atoms with Gasteiger partial charge >= 0.3 is 0 Å². The van der Waals surface area contributed by atoms with Crippen LogP contribution in [-0.4, -0.2) is 35.9 Å². The SMILES string of the molecule is CC(C)c1nc2c(n1C)CCN(c1ccc3nnc(-c4ccccc4F)n3n1)C2. The zero-order chi connectivity index (χ0) is 20.1. The van der Waals surface area contributed by atoms with E-state index in [1.165, 1.54) is 11.8 Å². The molecular weight excluding hydrogens is 369 g/mol. The molecule has 0 saturated heterocycles. The number of hydrogen-bond acceptors (Lipinski definition) is 5. The summed E-state index contributed by atoms with van der Waals surface area (Å²) in [7, 11) is 2.10. The van der Waals surface area contributed by atoms with Crippen LogP contribution in [0, 0.1) is 5.82 Å². The number of anilines is 1. The number of nitrogens with zero attached hydrogens (tertiary/aromatic N) is 7. The predicted octanol–water partition coefficient (Wildman–Crippen LogP) is 3.35. The molecule has 1 aromatic carbocycles. The zero-order valence-corrected chi connectivity index (χ0v) is 16.7. The smallest absolute Gasteiger partial charge is 0.188 e. The molecule has 0 aliphatic carbocycles. The molecule has 0 amide bonds. The van der Waals surface area contributed by atoms with Gasteiger partial charge in [-0.1, -0.05) is 26.0 Å². The number of hydrogen-bond donors (Lipinski definition) is 0. The molecule has 7 nitrogen and oxygen atoms in total. The Kier molecular flexibility index (Phi) is 4.08. The Morgan fingerprint density at radius 1 is 1.07 bits per heavy atom. The van der Waals surface area contributed by atoms with Crippen LogP contribution in [0.25, 0.3) is 17.0 Å². The molecule has 4 aromatic rings. The molecule has 1 aliphatic heterocycles. The van der Waals surface area contributed by atoms with Gasteiger partial charge in [-0.3, -0.25) is 0 Å². The lowest BCUT2D eigenvalue weighted by Gasteiger charge is -2.27. The molecule has 0 bridgehead atoms. The van der Waals surface area contributed by atoms with Gasteiger partial charge in [0.2, 0.25) is 0 Å². The van der Waals surface area contributed by atoms with Gasteiger partial charge in [-0.25, -0.2) is 9.37 Å². The maximum absolute atomic E-state index is 14.3. The van der Waals surface area contributed by atoms with Crippen molar-refractivity contribution in [2.45, 2.75) is 32.7 Å². The third-order valence-electron chi connectivity index (χ3n) is 5.49. The predicted molar refractivity (Wildman–Crippen MR) is 108 cm³/mol. The van der Waals surface area contributed by atoms with Crippen molar-refractivity contribution in [3.63, 3.8) is 0 Å². The third-order valence-corrected chi connectivity index (χ3v) is 5.49. The lowest BCUT2D eigenvalue weighted by atomic mass is 10.1. The summed E-state index contributed by atoms with van der Waals surface area (Å²) in [5.74, 6) is 2.36. The van der Waals surface area contributed by atoms with E-state index in [0.29, 0.717) is 29.5 Å². The Balaban J connectivity index is 1.52. The topological polar surface area (TPSA) is 64.1 Å². The molecule has 4 heterocycles. The monoisotopic (exact) mass is 391 g/mol. The van der Waals surface area contributed by atoms with Gasteiger partial charge in [-0.2, -0.15) is 4.52 Å². The second-order valence-corrected chi connectivity index (χ2v) is 7.71. The number of aromatic nitrogens is 6. The van der Waals surface area contributed by atoms with Gasteiger partial charge in [-0.15, -0.1) is 15.3 Å². The molecule has 3 aromatic heterocycles. The van der Waals surface area contributed by atoms with Gasteiger partial charge in [0.1, 0.15) is 17.5 Å². The summed E-state index contributed by atoms with van der Waals surface area (Å²) in [4.78, 5) is 7.07. The van der Waals surface area contributed by atoms with Crippen LogP contribution in [0.2, 0.25) is 0 Å². The normalized spacial score (nSPS) is 14.0. The fourth-order valence-corrected chi connectivity index (χ4v) is 4.02. The van der Waals surface area contributed by atoms with Gasteiger partial charge in [0.05, 0.1) is 17.8 Å². The van der Waals surface area contributed by atoms with Crippen molar-refractivity contribution in [1.82, 2.24) is 29.4 Å². The molecule has 5 rings (SSSR count). The van der Waals surface area contributed by atoms with Crippen LogP contribution in [0.15, 0.2) is 36.4 Å². The summed E-state index contributed by atoms with van der Waals surface area (Å²) in [5, 5.41) is 13.0. The highest BCUT2D eigenvalue weighted by atomic mass is 19.1. The van der Waals surface area contributed by atoms with Crippen molar-refractivity contribution >= 4 is 11.5 Å². The number of fused-ring (bicyclic) bond motifs is 2. The van der Waals surface area contributed by atoms with Gasteiger partial charge in [0.25, 0.3) is 0 Å². The Morgan fingerprint density at radius 2 is 1.90 bits per heavy atom. The summed E-state index contributed by atoms with van der Waals surface area (Å²) in [6.45, 7) is 5.87. The largest absolute Gasteiger partial charge is 0.349 e. The van der Waals surface area contributed by atoms with Crippen molar-refractivity contribution in [3.05, 3.63) is 59.4 Å². The van der Waals surface area contributed by atoms with E-state index in [1.54, 1.807) is 22.7 Å². The number of halogens is 1. The van der Waals surface area contributed by atoms with Crippen LogP contribution in [-0.2, 0) is 20.0 Å². The number of rotatable bonds is 3. The summed E-state index contributed by atoms with van der Waals surface area (Å²) < 4.78 is 18.1. The van der Waals surface area contributed by atoms with Gasteiger partial charge in [0.15, 0.2) is 11.5 Å². The molecule has 0 unspecified atom stereocenters. The van der Waals surface area contributed by atoms with Crippen LogP contribution < -0.4 is 4.90 Å². The average molecular weight is 391 g/mol. The standard InChI is InChI=1S/C21H22FN7/c1-13(2)20-23-16-12-28(11-10-17(16)27(20)3)19-9-8-18-24-25-21(29(18)26-19)14-6-4-5-7-15(14)22/h4-9,13H,10-12H2,1-3H3. The highest BCUT2D eigenvalue weighted by Gasteiger charge is 2.25. The molecule has 0 atom stereocenters. The van der Waals surface area contributed by atoms with Crippen LogP contribution in [0.1, 0.15) is 37.0 Å². The second kappa shape index (κ2) is 6.65. The fourth-order valence-electron chi connectivity index (χ4n) is 4.02. The molecule has 0 radical (unpaired) electrons. The molecule has 1 aliphatic rings. The van der Waals surface area contributed by atoms with Crippen LogP contribution in [0.3, 0.4) is 0 Å². The van der Waals surface area contributed by atoms with Crippen LogP contribution >= 0.6 is 0 Å². The van der Waals surface area contributed by atoms with Crippen molar-refractivity contribution in [2.75, 3.05) is 11.4 Å². The van der Waals surface area contributed by atoms with E-state index in [-0.39, 0.29) is 5.82 Å².